The standard InChI is InChI=1S/C30H35N5O3.C2HF3O2/c1-21-13-16-35(38)22(2)28(21)29(36)34-19-24-17-33(18-25(24)20-34)15-14-27(23-9-5-3-6-10-23)32-30(37)31-26-11-7-4-8-12-26;3-2(4,5)1(6)7/h3-13,16,24-25,27H,14-15,17-20H2,1-2H3,(H2,31,32,37);(H,6,7)/t24-,25?,27?;/m0./s1. The van der Waals surface area contributed by atoms with Crippen molar-refractivity contribution in [2.75, 3.05) is 38.0 Å². The molecule has 0 saturated carbocycles. The number of likely N-dealkylation sites (tertiary alicyclic amines) is 2. The number of urea groups is 1. The van der Waals surface area contributed by atoms with Gasteiger partial charge in [-0.05, 0) is 48.4 Å². The number of rotatable bonds is 7. The van der Waals surface area contributed by atoms with Crippen LogP contribution in [-0.4, -0.2) is 71.7 Å². The number of aryl methyl sites for hydroxylation is 1. The van der Waals surface area contributed by atoms with Crippen LogP contribution in [0.5, 0.6) is 0 Å². The van der Waals surface area contributed by atoms with Gasteiger partial charge in [-0.15, -0.1) is 0 Å². The number of carboxylic acid groups (broad SMARTS) is 1. The van der Waals surface area contributed by atoms with Crippen molar-refractivity contribution < 1.29 is 37.4 Å². The molecule has 3 atom stereocenters. The number of nitrogens with one attached hydrogen (secondary N) is 2. The lowest BCUT2D eigenvalue weighted by atomic mass is 10.0. The summed E-state index contributed by atoms with van der Waals surface area (Å²) in [6.07, 6.45) is -2.83. The molecule has 240 valence electrons. The van der Waals surface area contributed by atoms with Crippen molar-refractivity contribution in [3.8, 4) is 0 Å². The number of alkyl halides is 3. The number of carbonyl (C=O) groups excluding carboxylic acids is 2. The van der Waals surface area contributed by atoms with Gasteiger partial charge in [0.05, 0.1) is 6.04 Å². The van der Waals surface area contributed by atoms with Gasteiger partial charge in [-0.2, -0.15) is 17.9 Å². The molecule has 3 heterocycles. The second-order valence-electron chi connectivity index (χ2n) is 11.3. The van der Waals surface area contributed by atoms with Crippen LogP contribution < -0.4 is 15.4 Å². The summed E-state index contributed by atoms with van der Waals surface area (Å²) < 4.78 is 32.5. The first-order chi connectivity index (χ1) is 21.3. The average molecular weight is 628 g/mol. The Hall–Kier alpha value is -4.65. The predicted octanol–water partition coefficient (Wildman–Crippen LogP) is 4.53. The lowest BCUT2D eigenvalue weighted by molar-refractivity contribution is -0.612. The minimum Gasteiger partial charge on any atom is -0.618 e. The van der Waals surface area contributed by atoms with Crippen molar-refractivity contribution in [1.82, 2.24) is 15.1 Å². The van der Waals surface area contributed by atoms with Gasteiger partial charge >= 0.3 is 18.2 Å². The Labute approximate surface area is 259 Å². The van der Waals surface area contributed by atoms with E-state index in [1.165, 1.54) is 6.20 Å². The zero-order chi connectivity index (χ0) is 32.7. The molecule has 0 bridgehead atoms. The molecule has 45 heavy (non-hydrogen) atoms. The number of pyridine rings is 1. The number of carbonyl (C=O) groups is 3. The zero-order valence-corrected chi connectivity index (χ0v) is 25.0. The molecule has 1 aromatic heterocycles. The first-order valence-corrected chi connectivity index (χ1v) is 14.5. The van der Waals surface area contributed by atoms with Crippen molar-refractivity contribution >= 4 is 23.6 Å². The Morgan fingerprint density at radius 1 is 0.956 bits per heavy atom. The Kier molecular flexibility index (Phi) is 10.7. The van der Waals surface area contributed by atoms with Gasteiger partial charge in [-0.25, -0.2) is 9.59 Å². The van der Waals surface area contributed by atoms with E-state index in [0.29, 0.717) is 36.2 Å². The van der Waals surface area contributed by atoms with E-state index in [0.717, 1.165) is 47.6 Å². The highest BCUT2D eigenvalue weighted by Gasteiger charge is 2.42. The first kappa shape index (κ1) is 33.2. The Morgan fingerprint density at radius 3 is 2.07 bits per heavy atom. The maximum Gasteiger partial charge on any atom is 0.490 e. The Balaban J connectivity index is 0.000000591. The van der Waals surface area contributed by atoms with Gasteiger partial charge in [-0.3, -0.25) is 4.79 Å². The number of fused-ring (bicyclic) bond motifs is 1. The van der Waals surface area contributed by atoms with E-state index in [-0.39, 0.29) is 18.0 Å². The third-order valence-corrected chi connectivity index (χ3v) is 8.13. The van der Waals surface area contributed by atoms with Crippen molar-refractivity contribution in [3.63, 3.8) is 0 Å². The number of aromatic nitrogens is 1. The highest BCUT2D eigenvalue weighted by Crippen LogP contribution is 2.33. The number of carboxylic acids is 1. The van der Waals surface area contributed by atoms with E-state index < -0.39 is 12.1 Å². The van der Waals surface area contributed by atoms with E-state index in [2.05, 4.69) is 27.7 Å². The fraction of sp³-hybridized carbons (Fsp3) is 0.375. The fourth-order valence-corrected chi connectivity index (χ4v) is 5.86. The number of hydrogen-bond donors (Lipinski definition) is 3. The first-order valence-electron chi connectivity index (χ1n) is 14.5. The van der Waals surface area contributed by atoms with E-state index in [9.17, 15) is 28.0 Å². The van der Waals surface area contributed by atoms with Gasteiger partial charge in [0.15, 0.2) is 6.20 Å². The van der Waals surface area contributed by atoms with Crippen molar-refractivity contribution in [2.45, 2.75) is 32.5 Å². The summed E-state index contributed by atoms with van der Waals surface area (Å²) in [5.41, 5.74) is 3.67. The molecule has 2 unspecified atom stereocenters. The van der Waals surface area contributed by atoms with E-state index >= 15 is 0 Å². The van der Waals surface area contributed by atoms with Crippen molar-refractivity contribution in [1.29, 1.82) is 0 Å². The number of nitrogens with zero attached hydrogens (tertiary/aromatic N) is 3. The van der Waals surface area contributed by atoms with Gasteiger partial charge < -0.3 is 30.7 Å². The molecule has 10 nitrogen and oxygen atoms in total. The molecule has 5 rings (SSSR count). The third kappa shape index (κ3) is 8.72. The number of hydrogen-bond acceptors (Lipinski definition) is 5. The summed E-state index contributed by atoms with van der Waals surface area (Å²) in [5, 5.41) is 25.2. The molecule has 2 fully saturated rings. The zero-order valence-electron chi connectivity index (χ0n) is 25.0. The second kappa shape index (κ2) is 14.4. The molecular formula is C32H36F3N5O5. The number of amides is 3. The highest BCUT2D eigenvalue weighted by atomic mass is 19.4. The molecule has 2 aliphatic heterocycles. The predicted molar refractivity (Wildman–Crippen MR) is 160 cm³/mol. The molecule has 2 aliphatic rings. The largest absolute Gasteiger partial charge is 0.618 e. The maximum atomic E-state index is 13.3. The summed E-state index contributed by atoms with van der Waals surface area (Å²) in [5.74, 6) is -1.95. The fourth-order valence-electron chi connectivity index (χ4n) is 5.86. The van der Waals surface area contributed by atoms with Crippen LogP contribution in [0.25, 0.3) is 0 Å². The quantitative estimate of drug-likeness (QED) is 0.261. The molecule has 0 radical (unpaired) electrons. The minimum atomic E-state index is -5.08. The smallest absolute Gasteiger partial charge is 0.490 e. The summed E-state index contributed by atoms with van der Waals surface area (Å²) in [4.78, 5) is 39.3. The van der Waals surface area contributed by atoms with Gasteiger partial charge in [0, 0.05) is 51.4 Å². The van der Waals surface area contributed by atoms with Crippen LogP contribution in [0.1, 0.15) is 39.6 Å². The minimum absolute atomic E-state index is 0.0380. The van der Waals surface area contributed by atoms with Crippen LogP contribution in [0.3, 0.4) is 0 Å². The van der Waals surface area contributed by atoms with E-state index in [1.54, 1.807) is 13.0 Å². The molecule has 3 N–H and O–H groups in total. The molecule has 13 heteroatoms. The number of aliphatic carboxylic acids is 1. The Morgan fingerprint density at radius 2 is 1.51 bits per heavy atom. The third-order valence-electron chi connectivity index (χ3n) is 8.13. The van der Waals surface area contributed by atoms with Gasteiger partial charge in [0.1, 0.15) is 5.56 Å². The van der Waals surface area contributed by atoms with Crippen LogP contribution in [0.2, 0.25) is 0 Å². The summed E-state index contributed by atoms with van der Waals surface area (Å²) in [6.45, 7) is 7.75. The molecule has 2 aromatic carbocycles. The van der Waals surface area contributed by atoms with Gasteiger partial charge in [0.2, 0.25) is 5.69 Å². The van der Waals surface area contributed by atoms with Gasteiger partial charge in [0.25, 0.3) is 5.91 Å². The summed E-state index contributed by atoms with van der Waals surface area (Å²) >= 11 is 0. The lowest BCUT2D eigenvalue weighted by Crippen LogP contribution is -2.38. The topological polar surface area (TPSA) is 129 Å². The molecular weight excluding hydrogens is 591 g/mol. The number of anilines is 1. The number of benzene rings is 2. The molecule has 0 spiro atoms. The summed E-state index contributed by atoms with van der Waals surface area (Å²) in [7, 11) is 0. The Bertz CT molecular complexity index is 1480. The maximum absolute atomic E-state index is 13.3. The van der Waals surface area contributed by atoms with Crippen LogP contribution in [0, 0.1) is 30.9 Å². The van der Waals surface area contributed by atoms with Crippen LogP contribution in [0.15, 0.2) is 72.9 Å². The van der Waals surface area contributed by atoms with Crippen LogP contribution in [-0.2, 0) is 4.79 Å². The molecule has 2 saturated heterocycles. The SMILES string of the molecule is Cc1cc[n+]([O-])c(C)c1C(=O)N1CC2CN(CCC(NC(=O)Nc3ccccc3)c3ccccc3)C[C@H]2C1.O=C(O)C(F)(F)F. The average Bonchev–Trinajstić information content (AvgIpc) is 3.57. The van der Waals surface area contributed by atoms with E-state index in [1.807, 2.05) is 60.4 Å². The monoisotopic (exact) mass is 627 g/mol. The van der Waals surface area contributed by atoms with Crippen LogP contribution >= 0.6 is 0 Å². The van der Waals surface area contributed by atoms with Crippen molar-refractivity contribution in [3.05, 3.63) is 101 Å². The molecule has 3 amide bonds. The number of halogens is 3. The van der Waals surface area contributed by atoms with E-state index in [4.69, 9.17) is 9.90 Å². The summed E-state index contributed by atoms with van der Waals surface area (Å²) in [6, 6.07) is 20.9. The lowest BCUT2D eigenvalue weighted by Gasteiger charge is -2.25. The highest BCUT2D eigenvalue weighted by molar-refractivity contribution is 5.96. The van der Waals surface area contributed by atoms with Crippen LogP contribution in [0.4, 0.5) is 23.7 Å². The molecule has 0 aliphatic carbocycles. The second-order valence-corrected chi connectivity index (χ2v) is 11.3. The molecule has 3 aromatic rings. The number of para-hydroxylation sites is 1. The van der Waals surface area contributed by atoms with Crippen molar-refractivity contribution in [2.24, 2.45) is 11.8 Å². The normalized spacial score (nSPS) is 18.4. The van der Waals surface area contributed by atoms with Gasteiger partial charge in [-0.1, -0.05) is 48.5 Å².